The summed E-state index contributed by atoms with van der Waals surface area (Å²) in [5.74, 6) is 2.36. The summed E-state index contributed by atoms with van der Waals surface area (Å²) in [6.45, 7) is 8.52. The van der Waals surface area contributed by atoms with Crippen molar-refractivity contribution in [1.29, 1.82) is 0 Å². The van der Waals surface area contributed by atoms with Crippen molar-refractivity contribution < 1.29 is 9.53 Å². The molecule has 1 saturated carbocycles. The van der Waals surface area contributed by atoms with Crippen molar-refractivity contribution in [2.24, 2.45) is 17.8 Å². The predicted octanol–water partition coefficient (Wildman–Crippen LogP) is 1.73. The number of benzene rings is 1. The number of fused-ring (bicyclic) bond motifs is 1. The van der Waals surface area contributed by atoms with Gasteiger partial charge < -0.3 is 15.4 Å². The van der Waals surface area contributed by atoms with Crippen LogP contribution in [0.5, 0.6) is 5.75 Å². The van der Waals surface area contributed by atoms with Crippen LogP contribution in [0.15, 0.2) is 24.3 Å². The Balaban J connectivity index is 1.51. The summed E-state index contributed by atoms with van der Waals surface area (Å²) in [6, 6.07) is 7.98. The zero-order valence-corrected chi connectivity index (χ0v) is 13.0. The maximum absolute atomic E-state index is 12.3. The van der Waals surface area contributed by atoms with Crippen LogP contribution < -0.4 is 15.4 Å². The highest BCUT2D eigenvalue weighted by atomic mass is 16.5. The van der Waals surface area contributed by atoms with E-state index < -0.39 is 0 Å². The van der Waals surface area contributed by atoms with E-state index in [0.29, 0.717) is 18.4 Å². The van der Waals surface area contributed by atoms with Gasteiger partial charge >= 0.3 is 0 Å². The molecule has 2 aliphatic rings. The van der Waals surface area contributed by atoms with Gasteiger partial charge in [0, 0.05) is 5.92 Å². The third-order valence-electron chi connectivity index (χ3n) is 4.45. The van der Waals surface area contributed by atoms with Crippen LogP contribution in [0.3, 0.4) is 0 Å². The number of hydrogen-bond acceptors (Lipinski definition) is 3. The molecule has 2 N–H and O–H groups in total. The maximum Gasteiger partial charge on any atom is 0.224 e. The molecule has 114 valence electrons. The van der Waals surface area contributed by atoms with Crippen molar-refractivity contribution in [1.82, 2.24) is 10.6 Å². The van der Waals surface area contributed by atoms with Crippen molar-refractivity contribution in [3.05, 3.63) is 29.8 Å². The lowest BCUT2D eigenvalue weighted by Gasteiger charge is -2.27. The summed E-state index contributed by atoms with van der Waals surface area (Å²) in [4.78, 5) is 12.3. The van der Waals surface area contributed by atoms with Crippen molar-refractivity contribution in [3.63, 3.8) is 0 Å². The standard InChI is InChI=1S/C17H24N2O2/c1-11-5-4-6-12(7-11)21-10-17(2,3)19-16(20)15-13-8-18-9-14(13)15/h4-7,13-15,18H,8-10H2,1-3H3,(H,19,20)/t13-,14?,15+/m0/s1. The summed E-state index contributed by atoms with van der Waals surface area (Å²) >= 11 is 0. The van der Waals surface area contributed by atoms with Crippen LogP contribution in [-0.2, 0) is 4.79 Å². The van der Waals surface area contributed by atoms with Gasteiger partial charge in [0.25, 0.3) is 0 Å². The molecule has 0 aromatic heterocycles. The summed E-state index contributed by atoms with van der Waals surface area (Å²) < 4.78 is 5.82. The minimum atomic E-state index is -0.356. The Morgan fingerprint density at radius 2 is 2.10 bits per heavy atom. The second-order valence-electron chi connectivity index (χ2n) is 6.99. The zero-order valence-electron chi connectivity index (χ0n) is 13.0. The first-order chi connectivity index (χ1) is 9.96. The van der Waals surface area contributed by atoms with Crippen LogP contribution in [0.1, 0.15) is 19.4 Å². The smallest absolute Gasteiger partial charge is 0.224 e. The molecular formula is C17H24N2O2. The number of rotatable bonds is 5. The van der Waals surface area contributed by atoms with Crippen molar-refractivity contribution in [2.45, 2.75) is 26.3 Å². The van der Waals surface area contributed by atoms with Crippen LogP contribution in [0, 0.1) is 24.7 Å². The molecule has 1 unspecified atom stereocenters. The van der Waals surface area contributed by atoms with Gasteiger partial charge in [0.2, 0.25) is 5.91 Å². The lowest BCUT2D eigenvalue weighted by Crippen LogP contribution is -2.49. The number of ether oxygens (including phenoxy) is 1. The number of aryl methyl sites for hydroxylation is 1. The van der Waals surface area contributed by atoms with Crippen LogP contribution >= 0.6 is 0 Å². The van der Waals surface area contributed by atoms with Crippen LogP contribution in [0.25, 0.3) is 0 Å². The lowest BCUT2D eigenvalue weighted by molar-refractivity contribution is -0.125. The van der Waals surface area contributed by atoms with Gasteiger partial charge in [-0.15, -0.1) is 0 Å². The van der Waals surface area contributed by atoms with Crippen LogP contribution in [0.2, 0.25) is 0 Å². The molecule has 1 aromatic rings. The molecule has 4 nitrogen and oxygen atoms in total. The monoisotopic (exact) mass is 288 g/mol. The van der Waals surface area contributed by atoms with E-state index in [2.05, 4.69) is 10.6 Å². The quantitative estimate of drug-likeness (QED) is 0.867. The zero-order chi connectivity index (χ0) is 15.0. The Labute approximate surface area is 126 Å². The van der Waals surface area contributed by atoms with Gasteiger partial charge in [-0.25, -0.2) is 0 Å². The van der Waals surface area contributed by atoms with E-state index in [1.165, 1.54) is 5.56 Å². The Hall–Kier alpha value is -1.55. The van der Waals surface area contributed by atoms with E-state index in [4.69, 9.17) is 4.74 Å². The molecule has 3 rings (SSSR count). The lowest BCUT2D eigenvalue weighted by atomic mass is 10.1. The van der Waals surface area contributed by atoms with Crippen molar-refractivity contribution in [3.8, 4) is 5.75 Å². The topological polar surface area (TPSA) is 50.4 Å². The fraction of sp³-hybridized carbons (Fsp3) is 0.588. The summed E-state index contributed by atoms with van der Waals surface area (Å²) in [6.07, 6.45) is 0. The number of carbonyl (C=O) groups is 1. The van der Waals surface area contributed by atoms with Crippen LogP contribution in [0.4, 0.5) is 0 Å². The molecule has 0 bridgehead atoms. The maximum atomic E-state index is 12.3. The molecule has 1 aromatic carbocycles. The largest absolute Gasteiger partial charge is 0.491 e. The third kappa shape index (κ3) is 3.21. The summed E-state index contributed by atoms with van der Waals surface area (Å²) in [5, 5.41) is 6.46. The van der Waals surface area contributed by atoms with Gasteiger partial charge in [-0.05, 0) is 63.4 Å². The van der Waals surface area contributed by atoms with E-state index in [-0.39, 0.29) is 17.4 Å². The van der Waals surface area contributed by atoms with E-state index in [0.717, 1.165) is 18.8 Å². The third-order valence-corrected chi connectivity index (χ3v) is 4.45. The average molecular weight is 288 g/mol. The molecular weight excluding hydrogens is 264 g/mol. The number of carbonyl (C=O) groups excluding carboxylic acids is 1. The molecule has 1 amide bonds. The van der Waals surface area contributed by atoms with Gasteiger partial charge in [0.1, 0.15) is 12.4 Å². The van der Waals surface area contributed by atoms with Crippen molar-refractivity contribution in [2.75, 3.05) is 19.7 Å². The Morgan fingerprint density at radius 3 is 2.76 bits per heavy atom. The molecule has 2 fully saturated rings. The highest BCUT2D eigenvalue weighted by Gasteiger charge is 2.57. The van der Waals surface area contributed by atoms with Gasteiger partial charge in [-0.3, -0.25) is 4.79 Å². The minimum Gasteiger partial charge on any atom is -0.491 e. The second-order valence-corrected chi connectivity index (χ2v) is 6.99. The fourth-order valence-corrected chi connectivity index (χ4v) is 3.23. The highest BCUT2D eigenvalue weighted by molar-refractivity contribution is 5.83. The van der Waals surface area contributed by atoms with Gasteiger partial charge in [0.15, 0.2) is 0 Å². The Bertz CT molecular complexity index is 531. The van der Waals surface area contributed by atoms with E-state index in [1.54, 1.807) is 0 Å². The molecule has 1 heterocycles. The fourth-order valence-electron chi connectivity index (χ4n) is 3.23. The Kier molecular flexibility index (Phi) is 3.66. The molecule has 1 saturated heterocycles. The normalized spacial score (nSPS) is 27.1. The first kappa shape index (κ1) is 14.4. The van der Waals surface area contributed by atoms with Gasteiger partial charge in [-0.1, -0.05) is 12.1 Å². The molecule has 0 spiro atoms. The first-order valence-corrected chi connectivity index (χ1v) is 7.68. The summed E-state index contributed by atoms with van der Waals surface area (Å²) in [7, 11) is 0. The SMILES string of the molecule is Cc1cccc(OCC(C)(C)NC(=O)[C@H]2C3CNC[C@@H]32)c1. The Morgan fingerprint density at radius 1 is 1.38 bits per heavy atom. The number of piperidine rings is 1. The molecule has 4 heteroatoms. The van der Waals surface area contributed by atoms with E-state index in [1.807, 2.05) is 45.0 Å². The molecule has 3 atom stereocenters. The van der Waals surface area contributed by atoms with E-state index >= 15 is 0 Å². The van der Waals surface area contributed by atoms with Crippen molar-refractivity contribution >= 4 is 5.91 Å². The highest BCUT2D eigenvalue weighted by Crippen LogP contribution is 2.48. The number of hydrogen-bond donors (Lipinski definition) is 2. The van der Waals surface area contributed by atoms with Gasteiger partial charge in [-0.2, -0.15) is 0 Å². The predicted molar refractivity (Wildman–Crippen MR) is 82.2 cm³/mol. The minimum absolute atomic E-state index is 0.185. The van der Waals surface area contributed by atoms with E-state index in [9.17, 15) is 4.79 Å². The molecule has 21 heavy (non-hydrogen) atoms. The second kappa shape index (κ2) is 5.34. The van der Waals surface area contributed by atoms with Gasteiger partial charge in [0.05, 0.1) is 5.54 Å². The summed E-state index contributed by atoms with van der Waals surface area (Å²) in [5.41, 5.74) is 0.818. The number of nitrogens with one attached hydrogen (secondary N) is 2. The molecule has 1 aliphatic heterocycles. The molecule has 1 aliphatic carbocycles. The average Bonchev–Trinajstić information content (AvgIpc) is 2.91. The molecule has 0 radical (unpaired) electrons. The number of amides is 1. The van der Waals surface area contributed by atoms with Crippen LogP contribution in [-0.4, -0.2) is 31.1 Å². The first-order valence-electron chi connectivity index (χ1n) is 7.68.